The first-order valence-corrected chi connectivity index (χ1v) is 9.03. The van der Waals surface area contributed by atoms with E-state index in [1.807, 2.05) is 63.4 Å². The van der Waals surface area contributed by atoms with Crippen molar-refractivity contribution < 1.29 is 9.59 Å². The number of hydrogen-bond donors (Lipinski definition) is 1. The molecule has 0 aliphatic carbocycles. The number of benzene rings is 1. The van der Waals surface area contributed by atoms with Gasteiger partial charge in [0, 0.05) is 18.2 Å². The molecule has 2 rings (SSSR count). The van der Waals surface area contributed by atoms with Gasteiger partial charge in [-0.15, -0.1) is 11.3 Å². The third-order valence-electron chi connectivity index (χ3n) is 3.68. The minimum atomic E-state index is -0.131. The second-order valence-electron chi connectivity index (χ2n) is 6.07. The lowest BCUT2D eigenvalue weighted by Crippen LogP contribution is -2.42. The summed E-state index contributed by atoms with van der Waals surface area (Å²) < 4.78 is 0. The van der Waals surface area contributed by atoms with Crippen LogP contribution in [0.1, 0.15) is 36.0 Å². The van der Waals surface area contributed by atoms with Crippen molar-refractivity contribution in [2.24, 2.45) is 0 Å². The molecule has 0 saturated heterocycles. The number of thiophene rings is 1. The first-order chi connectivity index (χ1) is 11.4. The number of carbonyl (C=O) groups is 2. The molecule has 0 fully saturated rings. The molecule has 1 N–H and O–H groups in total. The van der Waals surface area contributed by atoms with E-state index in [0.717, 1.165) is 11.1 Å². The molecule has 1 heterocycles. The Morgan fingerprint density at radius 2 is 1.83 bits per heavy atom. The highest BCUT2D eigenvalue weighted by atomic mass is 32.1. The zero-order valence-electron chi connectivity index (χ0n) is 14.6. The Balaban J connectivity index is 2.21. The van der Waals surface area contributed by atoms with E-state index in [1.165, 1.54) is 16.9 Å². The summed E-state index contributed by atoms with van der Waals surface area (Å²) in [4.78, 5) is 27.1. The number of hydrogen-bond acceptors (Lipinski definition) is 3. The van der Waals surface area contributed by atoms with Crippen LogP contribution in [0.25, 0.3) is 11.1 Å². The molecule has 0 radical (unpaired) electrons. The minimum Gasteiger partial charge on any atom is -0.352 e. The Bertz CT molecular complexity index is 704. The van der Waals surface area contributed by atoms with Gasteiger partial charge in [0.15, 0.2) is 0 Å². The summed E-state index contributed by atoms with van der Waals surface area (Å²) in [5, 5.41) is 4.75. The average molecular weight is 344 g/mol. The van der Waals surface area contributed by atoms with E-state index in [4.69, 9.17) is 0 Å². The molecule has 0 atom stereocenters. The van der Waals surface area contributed by atoms with Crippen molar-refractivity contribution in [3.8, 4) is 11.1 Å². The molecule has 128 valence electrons. The average Bonchev–Trinajstić information content (AvgIpc) is 3.01. The maximum Gasteiger partial charge on any atom is 0.265 e. The van der Waals surface area contributed by atoms with E-state index in [-0.39, 0.29) is 24.4 Å². The molecule has 0 saturated carbocycles. The Hall–Kier alpha value is -2.14. The van der Waals surface area contributed by atoms with Crippen molar-refractivity contribution in [2.45, 2.75) is 33.7 Å². The highest BCUT2D eigenvalue weighted by Crippen LogP contribution is 2.29. The van der Waals surface area contributed by atoms with Crippen molar-refractivity contribution in [1.29, 1.82) is 0 Å². The van der Waals surface area contributed by atoms with Gasteiger partial charge in [0.2, 0.25) is 5.91 Å². The molecular formula is C19H24N2O2S. The summed E-state index contributed by atoms with van der Waals surface area (Å²) in [5.41, 5.74) is 3.13. The van der Waals surface area contributed by atoms with Gasteiger partial charge in [-0.1, -0.05) is 29.8 Å². The van der Waals surface area contributed by atoms with Gasteiger partial charge in [0.1, 0.15) is 0 Å². The fraction of sp³-hybridized carbons (Fsp3) is 0.368. The smallest absolute Gasteiger partial charge is 0.265 e. The summed E-state index contributed by atoms with van der Waals surface area (Å²) in [7, 11) is 0. The summed E-state index contributed by atoms with van der Waals surface area (Å²) in [5.74, 6) is -0.226. The molecule has 0 bridgehead atoms. The van der Waals surface area contributed by atoms with Crippen LogP contribution in [-0.4, -0.2) is 35.8 Å². The molecular weight excluding hydrogens is 320 g/mol. The molecule has 0 unspecified atom stereocenters. The van der Waals surface area contributed by atoms with Crippen LogP contribution in [-0.2, 0) is 4.79 Å². The van der Waals surface area contributed by atoms with E-state index >= 15 is 0 Å². The SMILES string of the molecule is CCN(CC(=O)NC(C)C)C(=O)c1sccc1-c1ccc(C)cc1. The second kappa shape index (κ2) is 8.11. The molecule has 1 aromatic carbocycles. The highest BCUT2D eigenvalue weighted by molar-refractivity contribution is 7.12. The van der Waals surface area contributed by atoms with Crippen LogP contribution in [0, 0.1) is 6.92 Å². The van der Waals surface area contributed by atoms with Gasteiger partial charge in [-0.2, -0.15) is 0 Å². The second-order valence-corrected chi connectivity index (χ2v) is 6.99. The Kier molecular flexibility index (Phi) is 6.15. The van der Waals surface area contributed by atoms with Gasteiger partial charge in [-0.05, 0) is 44.7 Å². The lowest BCUT2D eigenvalue weighted by atomic mass is 10.0. The fourth-order valence-electron chi connectivity index (χ4n) is 2.45. The van der Waals surface area contributed by atoms with Gasteiger partial charge in [0.05, 0.1) is 11.4 Å². The van der Waals surface area contributed by atoms with E-state index in [9.17, 15) is 9.59 Å². The van der Waals surface area contributed by atoms with Gasteiger partial charge >= 0.3 is 0 Å². The highest BCUT2D eigenvalue weighted by Gasteiger charge is 2.22. The van der Waals surface area contributed by atoms with Crippen LogP contribution in [0.2, 0.25) is 0 Å². The zero-order chi connectivity index (χ0) is 17.7. The topological polar surface area (TPSA) is 49.4 Å². The monoisotopic (exact) mass is 344 g/mol. The van der Waals surface area contributed by atoms with Gasteiger partial charge < -0.3 is 10.2 Å². The molecule has 5 heteroatoms. The number of amides is 2. The summed E-state index contributed by atoms with van der Waals surface area (Å²) in [6.07, 6.45) is 0. The van der Waals surface area contributed by atoms with Crippen molar-refractivity contribution in [3.05, 3.63) is 46.2 Å². The van der Waals surface area contributed by atoms with Crippen LogP contribution in [0.5, 0.6) is 0 Å². The number of likely N-dealkylation sites (N-methyl/N-ethyl adjacent to an activating group) is 1. The lowest BCUT2D eigenvalue weighted by molar-refractivity contribution is -0.122. The molecule has 24 heavy (non-hydrogen) atoms. The van der Waals surface area contributed by atoms with Crippen LogP contribution >= 0.6 is 11.3 Å². The first kappa shape index (κ1) is 18.2. The van der Waals surface area contributed by atoms with Crippen LogP contribution in [0.4, 0.5) is 0 Å². The van der Waals surface area contributed by atoms with Crippen molar-refractivity contribution in [1.82, 2.24) is 10.2 Å². The van der Waals surface area contributed by atoms with Crippen molar-refractivity contribution in [2.75, 3.05) is 13.1 Å². The molecule has 2 aromatic rings. The number of rotatable bonds is 6. The summed E-state index contributed by atoms with van der Waals surface area (Å²) in [6, 6.07) is 10.1. The molecule has 2 amide bonds. The Morgan fingerprint density at radius 1 is 1.17 bits per heavy atom. The predicted octanol–water partition coefficient (Wildman–Crippen LogP) is 3.71. The fourth-order valence-corrected chi connectivity index (χ4v) is 3.33. The van der Waals surface area contributed by atoms with E-state index < -0.39 is 0 Å². The zero-order valence-corrected chi connectivity index (χ0v) is 15.4. The molecule has 0 spiro atoms. The summed E-state index contributed by atoms with van der Waals surface area (Å²) in [6.45, 7) is 8.32. The Morgan fingerprint density at radius 3 is 2.42 bits per heavy atom. The van der Waals surface area contributed by atoms with Crippen LogP contribution in [0.15, 0.2) is 35.7 Å². The normalized spacial score (nSPS) is 10.7. The quantitative estimate of drug-likeness (QED) is 0.868. The van der Waals surface area contributed by atoms with Gasteiger partial charge in [0.25, 0.3) is 5.91 Å². The van der Waals surface area contributed by atoms with Crippen LogP contribution < -0.4 is 5.32 Å². The van der Waals surface area contributed by atoms with Crippen molar-refractivity contribution in [3.63, 3.8) is 0 Å². The van der Waals surface area contributed by atoms with Crippen molar-refractivity contribution >= 4 is 23.2 Å². The van der Waals surface area contributed by atoms with Crippen LogP contribution in [0.3, 0.4) is 0 Å². The van der Waals surface area contributed by atoms with E-state index in [0.29, 0.717) is 11.4 Å². The predicted molar refractivity (Wildman–Crippen MR) is 99.3 cm³/mol. The number of aryl methyl sites for hydroxylation is 1. The van der Waals surface area contributed by atoms with E-state index in [2.05, 4.69) is 5.32 Å². The van der Waals surface area contributed by atoms with E-state index in [1.54, 1.807) is 4.90 Å². The lowest BCUT2D eigenvalue weighted by Gasteiger charge is -2.21. The molecule has 4 nitrogen and oxygen atoms in total. The van der Waals surface area contributed by atoms with Gasteiger partial charge in [-0.3, -0.25) is 9.59 Å². The largest absolute Gasteiger partial charge is 0.352 e. The first-order valence-electron chi connectivity index (χ1n) is 8.15. The number of nitrogens with zero attached hydrogens (tertiary/aromatic N) is 1. The maximum atomic E-state index is 12.9. The number of carbonyl (C=O) groups excluding carboxylic acids is 2. The minimum absolute atomic E-state index is 0.0659. The standard InChI is InChI=1S/C19H24N2O2S/c1-5-21(12-17(22)20-13(2)3)19(23)18-16(10-11-24-18)15-8-6-14(4)7-9-15/h6-11,13H,5,12H2,1-4H3,(H,20,22). The van der Waals surface area contributed by atoms with Gasteiger partial charge in [-0.25, -0.2) is 0 Å². The molecule has 0 aliphatic heterocycles. The maximum absolute atomic E-state index is 12.9. The summed E-state index contributed by atoms with van der Waals surface area (Å²) >= 11 is 1.42. The third-order valence-corrected chi connectivity index (χ3v) is 4.58. The molecule has 1 aromatic heterocycles. The Labute approximate surface area is 147 Å². The number of nitrogens with one attached hydrogen (secondary N) is 1. The molecule has 0 aliphatic rings. The third kappa shape index (κ3) is 4.45.